The molecule has 4 amide bonds. The van der Waals surface area contributed by atoms with E-state index in [2.05, 4.69) is 21.3 Å². The Hall–Kier alpha value is -5.45. The quantitative estimate of drug-likeness (QED) is 0.110. The molecule has 16 nitrogen and oxygen atoms in total. The van der Waals surface area contributed by atoms with Crippen molar-refractivity contribution in [2.24, 2.45) is 5.92 Å². The van der Waals surface area contributed by atoms with E-state index in [9.17, 15) is 37.2 Å². The summed E-state index contributed by atoms with van der Waals surface area (Å²) in [6.07, 6.45) is -0.0568. The molecule has 0 unspecified atom stereocenters. The van der Waals surface area contributed by atoms with Crippen LogP contribution < -0.4 is 26.0 Å². The summed E-state index contributed by atoms with van der Waals surface area (Å²) < 4.78 is 46.0. The number of carbonyl (C=O) groups excluding carboxylic acids is 6. The molecule has 0 saturated heterocycles. The van der Waals surface area contributed by atoms with Gasteiger partial charge in [0.05, 0.1) is 18.9 Å². The highest BCUT2D eigenvalue weighted by molar-refractivity contribution is 7.93. The van der Waals surface area contributed by atoms with Crippen molar-refractivity contribution in [3.8, 4) is 5.75 Å². The molecule has 0 aromatic heterocycles. The summed E-state index contributed by atoms with van der Waals surface area (Å²) in [6, 6.07) is 10.3. The predicted octanol–water partition coefficient (Wildman–Crippen LogP) is 4.83. The first-order chi connectivity index (χ1) is 28.0. The van der Waals surface area contributed by atoms with Crippen molar-refractivity contribution in [3.05, 3.63) is 77.2 Å². The second kappa shape index (κ2) is 22.4. The maximum absolute atomic E-state index is 14.2. The fraction of sp³-hybridized carbons (Fsp3) is 0.545. The van der Waals surface area contributed by atoms with E-state index in [0.717, 1.165) is 17.7 Å². The lowest BCUT2D eigenvalue weighted by Gasteiger charge is -2.28. The van der Waals surface area contributed by atoms with Crippen LogP contribution in [0.2, 0.25) is 0 Å². The first-order valence-corrected chi connectivity index (χ1v) is 21.9. The molecule has 2 aromatic rings. The molecule has 61 heavy (non-hydrogen) atoms. The van der Waals surface area contributed by atoms with Crippen molar-refractivity contribution in [2.45, 2.75) is 143 Å². The van der Waals surface area contributed by atoms with Gasteiger partial charge in [-0.3, -0.25) is 24.0 Å². The Morgan fingerprint density at radius 2 is 1.18 bits per heavy atom. The summed E-state index contributed by atoms with van der Waals surface area (Å²) in [6.45, 7) is 18.7. The molecule has 0 heterocycles. The normalized spacial score (nSPS) is 14.2. The molecule has 17 heteroatoms. The number of alkyl carbamates (subject to hydrolysis) is 1. The van der Waals surface area contributed by atoms with Crippen LogP contribution in [0.15, 0.2) is 66.1 Å². The highest BCUT2D eigenvalue weighted by Gasteiger charge is 2.34. The van der Waals surface area contributed by atoms with Gasteiger partial charge in [0.2, 0.25) is 17.7 Å². The number of nitrogens with one attached hydrogen (secondary N) is 4. The fourth-order valence-corrected chi connectivity index (χ4v) is 5.93. The third kappa shape index (κ3) is 22.1. The van der Waals surface area contributed by atoms with Gasteiger partial charge in [-0.2, -0.15) is 0 Å². The summed E-state index contributed by atoms with van der Waals surface area (Å²) in [5, 5.41) is 11.2. The zero-order valence-electron chi connectivity index (χ0n) is 37.4. The van der Waals surface area contributed by atoms with Crippen molar-refractivity contribution >= 4 is 45.6 Å². The van der Waals surface area contributed by atoms with Gasteiger partial charge >= 0.3 is 18.0 Å². The van der Waals surface area contributed by atoms with Crippen LogP contribution in [0.5, 0.6) is 5.75 Å². The molecule has 338 valence electrons. The molecule has 4 N–H and O–H groups in total. The van der Waals surface area contributed by atoms with E-state index in [1.807, 2.05) is 20.8 Å². The Morgan fingerprint density at radius 1 is 0.639 bits per heavy atom. The standard InChI is InChI=1S/C44H64N4O12S/c1-28(2)37(40(53)45-31(22-23-61(12,55)56)25-35(49)59-43(6,7)8)48-39(52)33(24-29-18-20-32(21-19-29)58-42(3,4)5)46-38(51)34(26-36(50)60-44(9,10)11)47-41(54)57-27-30-16-14-13-15-17-30/h13-23,28,31,33-34,37H,24-27H2,1-12H3,(H,45,53)(H,46,51)(H,47,54)(H,48,52)/b23-22+/t31-,33+,34+,37+/m1/s1. The van der Waals surface area contributed by atoms with E-state index in [0.29, 0.717) is 16.9 Å². The van der Waals surface area contributed by atoms with Gasteiger partial charge < -0.3 is 40.2 Å². The van der Waals surface area contributed by atoms with E-state index >= 15 is 0 Å². The number of hydrogen-bond acceptors (Lipinski definition) is 12. The smallest absolute Gasteiger partial charge is 0.408 e. The molecule has 0 bridgehead atoms. The Morgan fingerprint density at radius 3 is 1.69 bits per heavy atom. The number of ether oxygens (including phenoxy) is 4. The third-order valence-electron chi connectivity index (χ3n) is 7.97. The summed E-state index contributed by atoms with van der Waals surface area (Å²) in [5.41, 5.74) is -1.02. The number of benzene rings is 2. The zero-order chi connectivity index (χ0) is 46.3. The Labute approximate surface area is 360 Å². The minimum absolute atomic E-state index is 0.115. The summed E-state index contributed by atoms with van der Waals surface area (Å²) in [5.74, 6) is -4.01. The topological polar surface area (TPSA) is 222 Å². The van der Waals surface area contributed by atoms with E-state index in [1.54, 1.807) is 110 Å². The van der Waals surface area contributed by atoms with E-state index in [4.69, 9.17) is 18.9 Å². The van der Waals surface area contributed by atoms with E-state index in [-0.39, 0.29) is 13.0 Å². The van der Waals surface area contributed by atoms with Crippen LogP contribution in [-0.4, -0.2) is 91.4 Å². The lowest BCUT2D eigenvalue weighted by atomic mass is 10.00. The minimum Gasteiger partial charge on any atom is -0.488 e. The minimum atomic E-state index is -3.66. The van der Waals surface area contributed by atoms with Crippen molar-refractivity contribution in [3.63, 3.8) is 0 Å². The largest absolute Gasteiger partial charge is 0.488 e. The fourth-order valence-electron chi connectivity index (χ4n) is 5.46. The molecule has 0 aliphatic heterocycles. The molecule has 0 fully saturated rings. The Bertz CT molecular complexity index is 1950. The lowest BCUT2D eigenvalue weighted by molar-refractivity contribution is -0.157. The Balaban J connectivity index is 2.48. The average Bonchev–Trinajstić information content (AvgIpc) is 3.09. The average molecular weight is 873 g/mol. The molecular weight excluding hydrogens is 809 g/mol. The number of amides is 4. The molecule has 0 spiro atoms. The van der Waals surface area contributed by atoms with Crippen molar-refractivity contribution in [2.75, 3.05) is 6.26 Å². The second-order valence-electron chi connectivity index (χ2n) is 18.0. The lowest BCUT2D eigenvalue weighted by Crippen LogP contribution is -2.59. The molecular formula is C44H64N4O12S. The van der Waals surface area contributed by atoms with Gasteiger partial charge in [0, 0.05) is 18.1 Å². The first-order valence-electron chi connectivity index (χ1n) is 20.0. The van der Waals surface area contributed by atoms with Crippen molar-refractivity contribution in [1.29, 1.82) is 0 Å². The summed E-state index contributed by atoms with van der Waals surface area (Å²) in [4.78, 5) is 80.9. The predicted molar refractivity (Wildman–Crippen MR) is 230 cm³/mol. The maximum atomic E-state index is 14.2. The van der Waals surface area contributed by atoms with E-state index in [1.165, 1.54) is 0 Å². The number of sulfone groups is 1. The third-order valence-corrected chi connectivity index (χ3v) is 8.62. The number of carbonyl (C=O) groups is 6. The van der Waals surface area contributed by atoms with Gasteiger partial charge in [-0.05, 0) is 91.5 Å². The first kappa shape index (κ1) is 51.7. The highest BCUT2D eigenvalue weighted by Crippen LogP contribution is 2.20. The van der Waals surface area contributed by atoms with Gasteiger partial charge in [-0.25, -0.2) is 13.2 Å². The van der Waals surface area contributed by atoms with Gasteiger partial charge in [-0.15, -0.1) is 0 Å². The molecule has 2 rings (SSSR count). The second-order valence-corrected chi connectivity index (χ2v) is 19.9. The maximum Gasteiger partial charge on any atom is 0.408 e. The van der Waals surface area contributed by atoms with Crippen LogP contribution in [0.25, 0.3) is 0 Å². The number of hydrogen-bond donors (Lipinski definition) is 4. The number of esters is 2. The monoisotopic (exact) mass is 872 g/mol. The molecule has 0 saturated carbocycles. The van der Waals surface area contributed by atoms with Gasteiger partial charge in [0.25, 0.3) is 0 Å². The Kier molecular flexibility index (Phi) is 19.0. The molecule has 0 aliphatic carbocycles. The van der Waals surface area contributed by atoms with Gasteiger partial charge in [-0.1, -0.05) is 62.4 Å². The number of rotatable bonds is 19. The van der Waals surface area contributed by atoms with Gasteiger partial charge in [0.1, 0.15) is 47.3 Å². The molecule has 2 aromatic carbocycles. The van der Waals surface area contributed by atoms with Crippen LogP contribution in [0.3, 0.4) is 0 Å². The SMILES string of the molecule is CC(C)[C@H](NC(=O)[C@H](Cc1ccc(OC(C)(C)C)cc1)NC(=O)[C@H](CC(=O)OC(C)(C)C)NC(=O)OCc1ccccc1)C(=O)N[C@H](/C=C/S(C)(=O)=O)CC(=O)OC(C)(C)C. The van der Waals surface area contributed by atoms with Crippen molar-refractivity contribution < 1.29 is 56.1 Å². The summed E-state index contributed by atoms with van der Waals surface area (Å²) >= 11 is 0. The molecule has 0 radical (unpaired) electrons. The van der Waals surface area contributed by atoms with Crippen LogP contribution in [0.4, 0.5) is 4.79 Å². The molecule has 0 aliphatic rings. The summed E-state index contributed by atoms with van der Waals surface area (Å²) in [7, 11) is -3.66. The van der Waals surface area contributed by atoms with Crippen LogP contribution >= 0.6 is 0 Å². The van der Waals surface area contributed by atoms with Crippen LogP contribution in [0, 0.1) is 5.92 Å². The molecule has 4 atom stereocenters. The van der Waals surface area contributed by atoms with Crippen LogP contribution in [0.1, 0.15) is 100 Å². The zero-order valence-corrected chi connectivity index (χ0v) is 38.2. The van der Waals surface area contributed by atoms with E-state index < -0.39 is 105 Å². The van der Waals surface area contributed by atoms with Crippen LogP contribution in [-0.2, 0) is 61.0 Å². The van der Waals surface area contributed by atoms with Crippen molar-refractivity contribution in [1.82, 2.24) is 21.3 Å². The van der Waals surface area contributed by atoms with Gasteiger partial charge in [0.15, 0.2) is 9.84 Å². The highest BCUT2D eigenvalue weighted by atomic mass is 32.2.